The number of amides is 1. The molecule has 0 spiro atoms. The van der Waals surface area contributed by atoms with E-state index in [1.54, 1.807) is 17.8 Å². The van der Waals surface area contributed by atoms with Crippen LogP contribution in [0.3, 0.4) is 0 Å². The van der Waals surface area contributed by atoms with Crippen LogP contribution in [0.1, 0.15) is 16.2 Å². The van der Waals surface area contributed by atoms with Crippen LogP contribution in [0.25, 0.3) is 22.0 Å². The molecule has 1 aliphatic heterocycles. The molecular weight excluding hydrogens is 406 g/mol. The molecule has 0 saturated carbocycles. The number of nitrogens with zero attached hydrogens (tertiary/aromatic N) is 4. The number of hydrogen-bond acceptors (Lipinski definition) is 6. The van der Waals surface area contributed by atoms with Gasteiger partial charge in [0.2, 0.25) is 5.89 Å². The maximum atomic E-state index is 14.3. The summed E-state index contributed by atoms with van der Waals surface area (Å²) in [4.78, 5) is 19.0. The standard InChI is InChI=1S/C21H20F2N6O2/c1-28-11-14-16(29-6-4-24-5-7-29)3-2-13(19(14)27-28)21(30)25-12-8-15(23)20-17(9-12)31-18(10-22)26-20/h2-3,8-9,11,24H,4-7,10H2,1H3,(H,25,30). The highest BCUT2D eigenvalue weighted by Crippen LogP contribution is 2.30. The summed E-state index contributed by atoms with van der Waals surface area (Å²) < 4.78 is 34.0. The maximum absolute atomic E-state index is 14.3. The number of halogens is 2. The fourth-order valence-corrected chi connectivity index (χ4v) is 3.93. The topological polar surface area (TPSA) is 88.2 Å². The van der Waals surface area contributed by atoms with Crippen molar-refractivity contribution in [3.63, 3.8) is 0 Å². The van der Waals surface area contributed by atoms with E-state index in [0.717, 1.165) is 43.3 Å². The second kappa shape index (κ2) is 7.62. The Morgan fingerprint density at radius 3 is 2.84 bits per heavy atom. The number of carbonyl (C=O) groups is 1. The zero-order valence-electron chi connectivity index (χ0n) is 16.8. The zero-order chi connectivity index (χ0) is 21.5. The highest BCUT2D eigenvalue weighted by Gasteiger charge is 2.21. The van der Waals surface area contributed by atoms with Crippen molar-refractivity contribution >= 4 is 39.3 Å². The van der Waals surface area contributed by atoms with Crippen molar-refractivity contribution in [3.05, 3.63) is 47.7 Å². The van der Waals surface area contributed by atoms with Gasteiger partial charge in [0.05, 0.1) is 5.56 Å². The van der Waals surface area contributed by atoms with Gasteiger partial charge in [-0.2, -0.15) is 5.10 Å². The second-order valence-electron chi connectivity index (χ2n) is 7.43. The minimum absolute atomic E-state index is 0.0694. The number of alkyl halides is 1. The molecule has 8 nitrogen and oxygen atoms in total. The van der Waals surface area contributed by atoms with Gasteiger partial charge in [-0.15, -0.1) is 0 Å². The second-order valence-corrected chi connectivity index (χ2v) is 7.43. The van der Waals surface area contributed by atoms with Gasteiger partial charge in [-0.05, 0) is 18.2 Å². The van der Waals surface area contributed by atoms with Gasteiger partial charge in [0.25, 0.3) is 5.91 Å². The lowest BCUT2D eigenvalue weighted by atomic mass is 10.1. The van der Waals surface area contributed by atoms with Gasteiger partial charge in [0, 0.05) is 62.3 Å². The van der Waals surface area contributed by atoms with E-state index in [-0.39, 0.29) is 22.7 Å². The quantitative estimate of drug-likeness (QED) is 0.522. The molecule has 0 bridgehead atoms. The number of aryl methyl sites for hydroxylation is 1. The average molecular weight is 426 g/mol. The normalized spacial score (nSPS) is 14.5. The minimum atomic E-state index is -0.938. The molecule has 2 aromatic carbocycles. The highest BCUT2D eigenvalue weighted by molar-refractivity contribution is 6.14. The third-order valence-corrected chi connectivity index (χ3v) is 5.33. The van der Waals surface area contributed by atoms with Crippen LogP contribution in [0.15, 0.2) is 34.9 Å². The Morgan fingerprint density at radius 2 is 2.06 bits per heavy atom. The highest BCUT2D eigenvalue weighted by atomic mass is 19.1. The van der Waals surface area contributed by atoms with Crippen molar-refractivity contribution in [1.82, 2.24) is 20.1 Å². The Bertz CT molecular complexity index is 1290. The van der Waals surface area contributed by atoms with Crippen LogP contribution in [-0.4, -0.2) is 46.9 Å². The van der Waals surface area contributed by atoms with E-state index in [0.29, 0.717) is 11.1 Å². The fraction of sp³-hybridized carbons (Fsp3) is 0.286. The Labute approximate surface area is 175 Å². The Hall–Kier alpha value is -3.53. The van der Waals surface area contributed by atoms with Crippen LogP contribution in [0, 0.1) is 5.82 Å². The molecule has 3 heterocycles. The number of aromatic nitrogens is 3. The number of oxazole rings is 1. The lowest BCUT2D eigenvalue weighted by Gasteiger charge is -2.30. The van der Waals surface area contributed by atoms with E-state index in [2.05, 4.69) is 25.6 Å². The first-order valence-corrected chi connectivity index (χ1v) is 9.92. The molecule has 4 aromatic rings. The summed E-state index contributed by atoms with van der Waals surface area (Å²) in [5.41, 5.74) is 2.15. The van der Waals surface area contributed by atoms with Crippen molar-refractivity contribution in [2.45, 2.75) is 6.67 Å². The molecule has 31 heavy (non-hydrogen) atoms. The molecule has 10 heteroatoms. The van der Waals surface area contributed by atoms with Gasteiger partial charge in [0.1, 0.15) is 11.0 Å². The van der Waals surface area contributed by atoms with E-state index in [4.69, 9.17) is 4.42 Å². The summed E-state index contributed by atoms with van der Waals surface area (Å²) in [5, 5.41) is 11.4. The molecule has 5 rings (SSSR count). The van der Waals surface area contributed by atoms with Crippen LogP contribution in [0.4, 0.5) is 20.2 Å². The number of carbonyl (C=O) groups excluding carboxylic acids is 1. The van der Waals surface area contributed by atoms with Crippen LogP contribution in [0.2, 0.25) is 0 Å². The number of hydrogen-bond donors (Lipinski definition) is 2. The van der Waals surface area contributed by atoms with Gasteiger partial charge < -0.3 is 20.0 Å². The van der Waals surface area contributed by atoms with Crippen molar-refractivity contribution < 1.29 is 18.0 Å². The van der Waals surface area contributed by atoms with Gasteiger partial charge in [-0.3, -0.25) is 9.48 Å². The summed E-state index contributed by atoms with van der Waals surface area (Å²) in [6.45, 7) is 2.58. The predicted octanol–water partition coefficient (Wildman–Crippen LogP) is 2.99. The third kappa shape index (κ3) is 3.48. The Kier molecular flexibility index (Phi) is 4.78. The van der Waals surface area contributed by atoms with Crippen molar-refractivity contribution in [2.75, 3.05) is 36.4 Å². The van der Waals surface area contributed by atoms with Crippen molar-refractivity contribution in [3.8, 4) is 0 Å². The molecule has 1 aliphatic rings. The van der Waals surface area contributed by atoms with Crippen molar-refractivity contribution in [1.29, 1.82) is 0 Å². The first kappa shape index (κ1) is 19.4. The summed E-state index contributed by atoms with van der Waals surface area (Å²) >= 11 is 0. The SMILES string of the molecule is Cn1cc2c(N3CCNCC3)ccc(C(=O)Nc3cc(F)c4nc(CF)oc4c3)c2n1. The van der Waals surface area contributed by atoms with E-state index >= 15 is 0 Å². The summed E-state index contributed by atoms with van der Waals surface area (Å²) in [7, 11) is 1.80. The molecule has 0 radical (unpaired) electrons. The molecule has 1 saturated heterocycles. The monoisotopic (exact) mass is 426 g/mol. The zero-order valence-corrected chi connectivity index (χ0v) is 16.8. The lowest BCUT2D eigenvalue weighted by Crippen LogP contribution is -2.43. The number of nitrogens with one attached hydrogen (secondary N) is 2. The molecule has 0 unspecified atom stereocenters. The number of benzene rings is 2. The summed E-state index contributed by atoms with van der Waals surface area (Å²) in [5.74, 6) is -1.34. The molecule has 0 aliphatic carbocycles. The third-order valence-electron chi connectivity index (χ3n) is 5.33. The largest absolute Gasteiger partial charge is 0.438 e. The van der Waals surface area contributed by atoms with Gasteiger partial charge >= 0.3 is 0 Å². The van der Waals surface area contributed by atoms with E-state index in [9.17, 15) is 13.6 Å². The fourth-order valence-electron chi connectivity index (χ4n) is 3.93. The Balaban J connectivity index is 1.49. The average Bonchev–Trinajstić information content (AvgIpc) is 3.36. The summed E-state index contributed by atoms with van der Waals surface area (Å²) in [6, 6.07) is 6.20. The Morgan fingerprint density at radius 1 is 1.26 bits per heavy atom. The minimum Gasteiger partial charge on any atom is -0.438 e. The van der Waals surface area contributed by atoms with Gasteiger partial charge in [-0.1, -0.05) is 0 Å². The number of fused-ring (bicyclic) bond motifs is 2. The lowest BCUT2D eigenvalue weighted by molar-refractivity contribution is 0.102. The van der Waals surface area contributed by atoms with Crippen LogP contribution < -0.4 is 15.5 Å². The molecular formula is C21H20F2N6O2. The van der Waals surface area contributed by atoms with E-state index < -0.39 is 18.4 Å². The van der Waals surface area contributed by atoms with E-state index in [1.165, 1.54) is 6.07 Å². The molecule has 2 N–H and O–H groups in total. The van der Waals surface area contributed by atoms with E-state index in [1.807, 2.05) is 12.3 Å². The van der Waals surface area contributed by atoms with Gasteiger partial charge in [-0.25, -0.2) is 13.8 Å². The first-order valence-electron chi connectivity index (χ1n) is 9.92. The first-order chi connectivity index (χ1) is 15.0. The van der Waals surface area contributed by atoms with Crippen LogP contribution in [0.5, 0.6) is 0 Å². The van der Waals surface area contributed by atoms with Crippen LogP contribution >= 0.6 is 0 Å². The number of rotatable bonds is 4. The summed E-state index contributed by atoms with van der Waals surface area (Å²) in [6.07, 6.45) is 1.89. The molecule has 1 amide bonds. The molecule has 160 valence electrons. The molecule has 0 atom stereocenters. The molecule has 2 aromatic heterocycles. The number of anilines is 2. The van der Waals surface area contributed by atoms with Crippen molar-refractivity contribution in [2.24, 2.45) is 7.05 Å². The smallest absolute Gasteiger partial charge is 0.257 e. The number of piperazine rings is 1. The van der Waals surface area contributed by atoms with Gasteiger partial charge in [0.15, 0.2) is 18.1 Å². The van der Waals surface area contributed by atoms with Crippen LogP contribution in [-0.2, 0) is 13.7 Å². The molecule has 1 fully saturated rings. The maximum Gasteiger partial charge on any atom is 0.257 e. The predicted molar refractivity (Wildman–Crippen MR) is 113 cm³/mol.